The molecule has 0 spiro atoms. The number of aliphatic hydroxyl groups is 1. The number of hydrogen-bond acceptors (Lipinski definition) is 4. The Balaban J connectivity index is 1.79. The Hall–Kier alpha value is -3.00. The maximum Gasteiger partial charge on any atom is 0.251 e. The summed E-state index contributed by atoms with van der Waals surface area (Å²) in [5.41, 5.74) is 1.20. The third-order valence-electron chi connectivity index (χ3n) is 3.74. The van der Waals surface area contributed by atoms with E-state index in [1.807, 2.05) is 0 Å². The summed E-state index contributed by atoms with van der Waals surface area (Å²) in [4.78, 5) is 19.2. The molecular weight excluding hydrogens is 332 g/mol. The summed E-state index contributed by atoms with van der Waals surface area (Å²) in [5.74, 6) is -1.83. The number of nitrogens with zero attached hydrogens (tertiary/aromatic N) is 1. The maximum absolute atomic E-state index is 14.1. The van der Waals surface area contributed by atoms with Gasteiger partial charge in [0.2, 0.25) is 0 Å². The molecule has 0 atom stereocenters. The first-order valence-electron chi connectivity index (χ1n) is 7.42. The number of aromatic nitrogens is 2. The summed E-state index contributed by atoms with van der Waals surface area (Å²) < 4.78 is 32.7. The van der Waals surface area contributed by atoms with Crippen LogP contribution in [-0.4, -0.2) is 28.1 Å². The number of hydrogen-bond donors (Lipinski definition) is 3. The highest BCUT2D eigenvalue weighted by molar-refractivity contribution is 5.97. The van der Waals surface area contributed by atoms with E-state index in [1.165, 1.54) is 19.2 Å². The zero-order valence-corrected chi connectivity index (χ0v) is 13.3. The van der Waals surface area contributed by atoms with Gasteiger partial charge in [-0.2, -0.15) is 0 Å². The highest BCUT2D eigenvalue weighted by atomic mass is 19.1. The van der Waals surface area contributed by atoms with Gasteiger partial charge in [0.1, 0.15) is 18.2 Å². The number of imidazole rings is 1. The number of benzene rings is 2. The van der Waals surface area contributed by atoms with Crippen molar-refractivity contribution in [2.75, 3.05) is 7.11 Å². The molecule has 1 heterocycles. The van der Waals surface area contributed by atoms with Crippen LogP contribution in [0.3, 0.4) is 0 Å². The number of aromatic amines is 1. The summed E-state index contributed by atoms with van der Waals surface area (Å²) in [6.45, 7) is -0.568. The Bertz CT molecular complexity index is 940. The minimum Gasteiger partial charge on any atom is -0.494 e. The van der Waals surface area contributed by atoms with Gasteiger partial charge in [-0.1, -0.05) is 0 Å². The van der Waals surface area contributed by atoms with Crippen LogP contribution in [0.5, 0.6) is 5.75 Å². The van der Waals surface area contributed by atoms with E-state index in [4.69, 9.17) is 9.84 Å². The van der Waals surface area contributed by atoms with Crippen LogP contribution in [0.15, 0.2) is 30.3 Å². The third-order valence-corrected chi connectivity index (χ3v) is 3.74. The van der Waals surface area contributed by atoms with E-state index in [2.05, 4.69) is 15.3 Å². The largest absolute Gasteiger partial charge is 0.494 e. The van der Waals surface area contributed by atoms with Crippen molar-refractivity contribution in [3.05, 3.63) is 58.9 Å². The fraction of sp³-hybridized carbons (Fsp3) is 0.176. The van der Waals surface area contributed by atoms with Crippen molar-refractivity contribution in [3.8, 4) is 5.75 Å². The number of methoxy groups -OCH3 is 1. The molecule has 1 aromatic heterocycles. The van der Waals surface area contributed by atoms with Gasteiger partial charge in [-0.05, 0) is 30.3 Å². The Kier molecular flexibility index (Phi) is 4.62. The summed E-state index contributed by atoms with van der Waals surface area (Å²) in [5, 5.41) is 11.5. The van der Waals surface area contributed by atoms with Crippen LogP contribution in [0.4, 0.5) is 8.78 Å². The van der Waals surface area contributed by atoms with Crippen molar-refractivity contribution in [1.29, 1.82) is 0 Å². The van der Waals surface area contributed by atoms with Crippen LogP contribution in [0.25, 0.3) is 11.0 Å². The van der Waals surface area contributed by atoms with Crippen LogP contribution in [0, 0.1) is 11.6 Å². The predicted molar refractivity (Wildman–Crippen MR) is 86.1 cm³/mol. The van der Waals surface area contributed by atoms with Gasteiger partial charge < -0.3 is 20.1 Å². The highest BCUT2D eigenvalue weighted by Gasteiger charge is 2.16. The average molecular weight is 347 g/mol. The Morgan fingerprint density at radius 1 is 1.32 bits per heavy atom. The van der Waals surface area contributed by atoms with Gasteiger partial charge in [-0.25, -0.2) is 13.8 Å². The fourth-order valence-corrected chi connectivity index (χ4v) is 2.45. The van der Waals surface area contributed by atoms with Crippen molar-refractivity contribution >= 4 is 16.9 Å². The number of ether oxygens (including phenoxy) is 1. The van der Waals surface area contributed by atoms with Crippen molar-refractivity contribution < 1.29 is 23.4 Å². The van der Waals surface area contributed by atoms with E-state index in [9.17, 15) is 13.6 Å². The minimum absolute atomic E-state index is 0.0962. The first-order valence-corrected chi connectivity index (χ1v) is 7.42. The number of H-pyrrole nitrogens is 1. The lowest BCUT2D eigenvalue weighted by molar-refractivity contribution is 0.0950. The fourth-order valence-electron chi connectivity index (χ4n) is 2.45. The maximum atomic E-state index is 14.1. The molecule has 25 heavy (non-hydrogen) atoms. The van der Waals surface area contributed by atoms with Crippen LogP contribution >= 0.6 is 0 Å². The summed E-state index contributed by atoms with van der Waals surface area (Å²) >= 11 is 0. The SMILES string of the molecule is COc1ccc(F)c(CNC(=O)c2ccc3nc(CO)[nH]c3c2)c1F. The lowest BCUT2D eigenvalue weighted by Crippen LogP contribution is -2.24. The lowest BCUT2D eigenvalue weighted by atomic mass is 10.1. The molecule has 3 rings (SSSR count). The number of halogens is 2. The molecule has 0 aliphatic carbocycles. The van der Waals surface area contributed by atoms with Gasteiger partial charge in [0, 0.05) is 17.7 Å². The molecular formula is C17H15F2N3O3. The van der Waals surface area contributed by atoms with E-state index in [1.54, 1.807) is 12.1 Å². The number of fused-ring (bicyclic) bond motifs is 1. The molecule has 0 radical (unpaired) electrons. The predicted octanol–water partition coefficient (Wildman–Crippen LogP) is 2.27. The smallest absolute Gasteiger partial charge is 0.251 e. The summed E-state index contributed by atoms with van der Waals surface area (Å²) in [6, 6.07) is 6.97. The van der Waals surface area contributed by atoms with E-state index in [-0.39, 0.29) is 24.5 Å². The van der Waals surface area contributed by atoms with Crippen LogP contribution < -0.4 is 10.1 Å². The minimum atomic E-state index is -0.848. The standard InChI is InChI=1S/C17H15F2N3O3/c1-25-14-5-3-11(18)10(16(14)19)7-20-17(24)9-2-4-12-13(6-9)22-15(8-23)21-12/h2-6,23H,7-8H2,1H3,(H,20,24)(H,21,22). The zero-order valence-electron chi connectivity index (χ0n) is 13.3. The van der Waals surface area contributed by atoms with E-state index >= 15 is 0 Å². The molecule has 8 heteroatoms. The molecule has 130 valence electrons. The third kappa shape index (κ3) is 3.29. The molecule has 3 aromatic rings. The van der Waals surface area contributed by atoms with Crippen LogP contribution in [0.1, 0.15) is 21.7 Å². The number of aliphatic hydroxyl groups excluding tert-OH is 1. The average Bonchev–Trinajstić information content (AvgIpc) is 3.03. The number of amides is 1. The second-order valence-electron chi connectivity index (χ2n) is 5.30. The van der Waals surface area contributed by atoms with Gasteiger partial charge in [0.15, 0.2) is 11.6 Å². The Morgan fingerprint density at radius 3 is 2.84 bits per heavy atom. The van der Waals surface area contributed by atoms with Crippen molar-refractivity contribution in [1.82, 2.24) is 15.3 Å². The zero-order chi connectivity index (χ0) is 18.0. The van der Waals surface area contributed by atoms with Gasteiger partial charge in [-0.15, -0.1) is 0 Å². The second kappa shape index (κ2) is 6.86. The monoisotopic (exact) mass is 347 g/mol. The molecule has 1 amide bonds. The Morgan fingerprint density at radius 2 is 2.12 bits per heavy atom. The number of rotatable bonds is 5. The topological polar surface area (TPSA) is 87.2 Å². The molecule has 6 nitrogen and oxygen atoms in total. The van der Waals surface area contributed by atoms with Crippen molar-refractivity contribution in [2.24, 2.45) is 0 Å². The normalized spacial score (nSPS) is 10.9. The van der Waals surface area contributed by atoms with Gasteiger partial charge in [0.05, 0.1) is 18.1 Å². The van der Waals surface area contributed by atoms with Gasteiger partial charge >= 0.3 is 0 Å². The first kappa shape index (κ1) is 16.8. The van der Waals surface area contributed by atoms with Crippen LogP contribution in [-0.2, 0) is 13.2 Å². The van der Waals surface area contributed by atoms with Crippen molar-refractivity contribution in [3.63, 3.8) is 0 Å². The lowest BCUT2D eigenvalue weighted by Gasteiger charge is -2.10. The van der Waals surface area contributed by atoms with Gasteiger partial charge in [-0.3, -0.25) is 4.79 Å². The first-order chi connectivity index (χ1) is 12.0. The van der Waals surface area contributed by atoms with Crippen molar-refractivity contribution in [2.45, 2.75) is 13.2 Å². The molecule has 0 aliphatic rings. The molecule has 0 unspecified atom stereocenters. The Labute approximate surface area is 141 Å². The summed E-state index contributed by atoms with van der Waals surface area (Å²) in [6.07, 6.45) is 0. The molecule has 3 N–H and O–H groups in total. The number of carbonyl (C=O) groups excluding carboxylic acids is 1. The molecule has 0 bridgehead atoms. The summed E-state index contributed by atoms with van der Waals surface area (Å²) in [7, 11) is 1.28. The number of carbonyl (C=O) groups is 1. The molecule has 0 saturated carbocycles. The quantitative estimate of drug-likeness (QED) is 0.661. The van der Waals surface area contributed by atoms with E-state index < -0.39 is 17.5 Å². The van der Waals surface area contributed by atoms with Crippen LogP contribution in [0.2, 0.25) is 0 Å². The molecule has 0 aliphatic heterocycles. The number of nitrogens with one attached hydrogen (secondary N) is 2. The van der Waals surface area contributed by atoms with Gasteiger partial charge in [0.25, 0.3) is 5.91 Å². The molecule has 2 aromatic carbocycles. The molecule has 0 saturated heterocycles. The van der Waals surface area contributed by atoms with E-state index in [0.29, 0.717) is 22.4 Å². The molecule has 0 fully saturated rings. The second-order valence-corrected chi connectivity index (χ2v) is 5.30. The highest BCUT2D eigenvalue weighted by Crippen LogP contribution is 2.23. The van der Waals surface area contributed by atoms with E-state index in [0.717, 1.165) is 6.07 Å².